The first-order chi connectivity index (χ1) is 9.87. The molecule has 0 bridgehead atoms. The van der Waals surface area contributed by atoms with E-state index >= 15 is 0 Å². The van der Waals surface area contributed by atoms with Crippen LogP contribution in [0.4, 0.5) is 0 Å². The summed E-state index contributed by atoms with van der Waals surface area (Å²) in [5.41, 5.74) is 2.76. The van der Waals surface area contributed by atoms with Crippen molar-refractivity contribution in [3.8, 4) is 0 Å². The highest BCUT2D eigenvalue weighted by atomic mass is 16.6. The molecule has 2 fully saturated rings. The molecule has 2 nitrogen and oxygen atoms in total. The zero-order valence-electron chi connectivity index (χ0n) is 11.5. The van der Waals surface area contributed by atoms with Gasteiger partial charge in [-0.1, -0.05) is 60.7 Å². The average molecular weight is 265 g/mol. The monoisotopic (exact) mass is 265 g/mol. The highest BCUT2D eigenvalue weighted by molar-refractivity contribution is 5.30. The molecule has 0 spiro atoms. The van der Waals surface area contributed by atoms with Crippen molar-refractivity contribution >= 4 is 0 Å². The van der Waals surface area contributed by atoms with E-state index in [1.807, 2.05) is 0 Å². The molecule has 102 valence electrons. The molecule has 0 saturated carbocycles. The van der Waals surface area contributed by atoms with E-state index in [2.05, 4.69) is 65.6 Å². The molecule has 2 aromatic rings. The van der Waals surface area contributed by atoms with Gasteiger partial charge in [-0.05, 0) is 17.5 Å². The Kier molecular flexibility index (Phi) is 2.86. The molecule has 20 heavy (non-hydrogen) atoms. The van der Waals surface area contributed by atoms with Gasteiger partial charge in [0.15, 0.2) is 0 Å². The van der Waals surface area contributed by atoms with Crippen LogP contribution in [0.3, 0.4) is 0 Å². The number of ether oxygens (including phenoxy) is 1. The van der Waals surface area contributed by atoms with Crippen molar-refractivity contribution in [2.24, 2.45) is 0 Å². The van der Waals surface area contributed by atoms with Crippen LogP contribution in [-0.2, 0) is 16.9 Å². The molecular formula is C18H19NO. The zero-order valence-corrected chi connectivity index (χ0v) is 11.5. The molecule has 0 amide bonds. The summed E-state index contributed by atoms with van der Waals surface area (Å²) in [4.78, 5) is 2.51. The number of piperidine rings is 1. The van der Waals surface area contributed by atoms with Gasteiger partial charge in [0, 0.05) is 19.6 Å². The number of hydrogen-bond acceptors (Lipinski definition) is 2. The normalized spacial score (nSPS) is 28.9. The van der Waals surface area contributed by atoms with E-state index in [0.717, 1.165) is 26.1 Å². The van der Waals surface area contributed by atoms with Crippen molar-refractivity contribution in [3.05, 3.63) is 71.8 Å². The van der Waals surface area contributed by atoms with Gasteiger partial charge < -0.3 is 4.74 Å². The van der Waals surface area contributed by atoms with Gasteiger partial charge >= 0.3 is 0 Å². The van der Waals surface area contributed by atoms with Crippen LogP contribution >= 0.6 is 0 Å². The maximum atomic E-state index is 6.08. The number of benzene rings is 2. The van der Waals surface area contributed by atoms with E-state index in [9.17, 15) is 0 Å². The van der Waals surface area contributed by atoms with Gasteiger partial charge in [0.25, 0.3) is 0 Å². The summed E-state index contributed by atoms with van der Waals surface area (Å²) in [5.74, 6) is 0. The lowest BCUT2D eigenvalue weighted by molar-refractivity contribution is 0.217. The predicted octanol–water partition coefficient (Wildman–Crippen LogP) is 3.19. The highest BCUT2D eigenvalue weighted by Crippen LogP contribution is 2.51. The van der Waals surface area contributed by atoms with Gasteiger partial charge in [-0.3, -0.25) is 4.90 Å². The van der Waals surface area contributed by atoms with Gasteiger partial charge in [0.1, 0.15) is 11.7 Å². The molecule has 2 aromatic carbocycles. The van der Waals surface area contributed by atoms with Crippen LogP contribution in [0.1, 0.15) is 17.5 Å². The van der Waals surface area contributed by atoms with Crippen LogP contribution < -0.4 is 0 Å². The fourth-order valence-corrected chi connectivity index (χ4v) is 3.38. The Morgan fingerprint density at radius 1 is 1.00 bits per heavy atom. The molecule has 2 unspecified atom stereocenters. The predicted molar refractivity (Wildman–Crippen MR) is 79.3 cm³/mol. The van der Waals surface area contributed by atoms with E-state index in [1.54, 1.807) is 0 Å². The zero-order chi connectivity index (χ0) is 13.4. The van der Waals surface area contributed by atoms with Crippen LogP contribution in [0, 0.1) is 0 Å². The molecular weight excluding hydrogens is 246 g/mol. The van der Waals surface area contributed by atoms with Crippen molar-refractivity contribution in [1.29, 1.82) is 0 Å². The summed E-state index contributed by atoms with van der Waals surface area (Å²) in [7, 11) is 0. The minimum Gasteiger partial charge on any atom is -0.360 e. The molecule has 4 rings (SSSR count). The van der Waals surface area contributed by atoms with E-state index in [0.29, 0.717) is 6.10 Å². The SMILES string of the molecule is c1ccc(CN2CCC3(c4ccccc4)OC3C2)cc1. The molecule has 2 heterocycles. The minimum absolute atomic E-state index is 0.0223. The quantitative estimate of drug-likeness (QED) is 0.792. The fraction of sp³-hybridized carbons (Fsp3) is 0.333. The van der Waals surface area contributed by atoms with Crippen molar-refractivity contribution in [1.82, 2.24) is 4.90 Å². The lowest BCUT2D eigenvalue weighted by Gasteiger charge is -2.28. The largest absolute Gasteiger partial charge is 0.360 e. The molecule has 0 radical (unpaired) electrons. The third-order valence-corrected chi connectivity index (χ3v) is 4.55. The third kappa shape index (κ3) is 2.05. The second kappa shape index (κ2) is 4.72. The lowest BCUT2D eigenvalue weighted by Crippen LogP contribution is -2.37. The van der Waals surface area contributed by atoms with Gasteiger partial charge in [-0.15, -0.1) is 0 Å². The molecule has 2 saturated heterocycles. The van der Waals surface area contributed by atoms with Crippen molar-refractivity contribution < 1.29 is 4.74 Å². The summed E-state index contributed by atoms with van der Waals surface area (Å²) in [6, 6.07) is 21.4. The van der Waals surface area contributed by atoms with E-state index in [-0.39, 0.29) is 5.60 Å². The maximum Gasteiger partial charge on any atom is 0.122 e. The molecule has 2 heteroatoms. The Balaban J connectivity index is 1.44. The summed E-state index contributed by atoms with van der Waals surface area (Å²) >= 11 is 0. The molecule has 2 atom stereocenters. The van der Waals surface area contributed by atoms with Crippen LogP contribution in [0.2, 0.25) is 0 Å². The van der Waals surface area contributed by atoms with Gasteiger partial charge in [0.2, 0.25) is 0 Å². The maximum absolute atomic E-state index is 6.08. The first-order valence-corrected chi connectivity index (χ1v) is 7.36. The summed E-state index contributed by atoms with van der Waals surface area (Å²) < 4.78 is 6.08. The number of likely N-dealkylation sites (tertiary alicyclic amines) is 1. The Hall–Kier alpha value is -1.64. The second-order valence-corrected chi connectivity index (χ2v) is 5.83. The number of hydrogen-bond donors (Lipinski definition) is 0. The second-order valence-electron chi connectivity index (χ2n) is 5.83. The number of fused-ring (bicyclic) bond motifs is 1. The molecule has 2 aliphatic heterocycles. The van der Waals surface area contributed by atoms with E-state index in [4.69, 9.17) is 4.74 Å². The first kappa shape index (κ1) is 12.1. The topological polar surface area (TPSA) is 15.8 Å². The Labute approximate surface area is 120 Å². The van der Waals surface area contributed by atoms with Crippen molar-refractivity contribution in [2.75, 3.05) is 13.1 Å². The van der Waals surface area contributed by atoms with E-state index < -0.39 is 0 Å². The minimum atomic E-state index is 0.0223. The van der Waals surface area contributed by atoms with Crippen LogP contribution in [0.15, 0.2) is 60.7 Å². The van der Waals surface area contributed by atoms with Crippen molar-refractivity contribution in [2.45, 2.75) is 24.7 Å². The average Bonchev–Trinajstić information content (AvgIpc) is 3.24. The number of epoxide rings is 1. The van der Waals surface area contributed by atoms with Gasteiger partial charge in [-0.2, -0.15) is 0 Å². The standard InChI is InChI=1S/C18H19NO/c1-3-7-15(8-4-1)13-19-12-11-18(17(14-19)20-18)16-9-5-2-6-10-16/h1-10,17H,11-14H2. The Bertz CT molecular complexity index is 583. The highest BCUT2D eigenvalue weighted by Gasteiger charge is 2.59. The lowest BCUT2D eigenvalue weighted by atomic mass is 9.89. The third-order valence-electron chi connectivity index (χ3n) is 4.55. The summed E-state index contributed by atoms with van der Waals surface area (Å²) in [6.45, 7) is 3.19. The summed E-state index contributed by atoms with van der Waals surface area (Å²) in [5, 5.41) is 0. The van der Waals surface area contributed by atoms with Gasteiger partial charge in [0.05, 0.1) is 0 Å². The molecule has 0 aliphatic carbocycles. The summed E-state index contributed by atoms with van der Waals surface area (Å²) in [6.07, 6.45) is 1.48. The number of nitrogens with zero attached hydrogens (tertiary/aromatic N) is 1. The Morgan fingerprint density at radius 3 is 2.40 bits per heavy atom. The smallest absolute Gasteiger partial charge is 0.122 e. The van der Waals surface area contributed by atoms with Crippen LogP contribution in [-0.4, -0.2) is 24.1 Å². The van der Waals surface area contributed by atoms with Crippen LogP contribution in [0.25, 0.3) is 0 Å². The molecule has 0 aromatic heterocycles. The molecule has 2 aliphatic rings. The van der Waals surface area contributed by atoms with Crippen LogP contribution in [0.5, 0.6) is 0 Å². The first-order valence-electron chi connectivity index (χ1n) is 7.36. The molecule has 0 N–H and O–H groups in total. The Morgan fingerprint density at radius 2 is 1.70 bits per heavy atom. The van der Waals surface area contributed by atoms with E-state index in [1.165, 1.54) is 11.1 Å². The van der Waals surface area contributed by atoms with Gasteiger partial charge in [-0.25, -0.2) is 0 Å². The van der Waals surface area contributed by atoms with Crippen molar-refractivity contribution in [3.63, 3.8) is 0 Å². The number of rotatable bonds is 3. The fourth-order valence-electron chi connectivity index (χ4n) is 3.38.